The second-order valence-electron chi connectivity index (χ2n) is 4.80. The lowest BCUT2D eigenvalue weighted by molar-refractivity contribution is 0.395. The minimum Gasteiger partial charge on any atom is -0.497 e. The van der Waals surface area contributed by atoms with Gasteiger partial charge in [0.1, 0.15) is 28.7 Å². The summed E-state index contributed by atoms with van der Waals surface area (Å²) in [6.45, 7) is 2.01. The van der Waals surface area contributed by atoms with Gasteiger partial charge in [0.25, 0.3) is 0 Å². The number of nitrogens with zero attached hydrogens (tertiary/aromatic N) is 2. The van der Waals surface area contributed by atoms with Crippen LogP contribution in [-0.4, -0.2) is 23.6 Å². The number of imidazole rings is 1. The smallest absolute Gasteiger partial charge is 0.142 e. The zero-order valence-corrected chi connectivity index (χ0v) is 12.3. The summed E-state index contributed by atoms with van der Waals surface area (Å²) in [5, 5.41) is 0. The van der Waals surface area contributed by atoms with Gasteiger partial charge in [-0.25, -0.2) is 4.98 Å². The summed E-state index contributed by atoms with van der Waals surface area (Å²) in [4.78, 5) is 4.66. The van der Waals surface area contributed by atoms with E-state index in [2.05, 4.69) is 4.98 Å². The number of nitrogen functional groups attached to an aromatic ring is 1. The zero-order valence-electron chi connectivity index (χ0n) is 12.3. The van der Waals surface area contributed by atoms with E-state index in [0.717, 1.165) is 22.5 Å². The molecule has 0 spiro atoms. The third-order valence-electron chi connectivity index (χ3n) is 3.55. The molecule has 0 bridgehead atoms. The highest BCUT2D eigenvalue weighted by Crippen LogP contribution is 2.36. The summed E-state index contributed by atoms with van der Waals surface area (Å²) in [6.07, 6.45) is 1.91. The van der Waals surface area contributed by atoms with Crippen LogP contribution in [0.1, 0.15) is 5.56 Å². The lowest BCUT2D eigenvalue weighted by Gasteiger charge is -2.09. The first-order valence-electron chi connectivity index (χ1n) is 6.61. The van der Waals surface area contributed by atoms with E-state index in [0.29, 0.717) is 17.3 Å². The average Bonchev–Trinajstić information content (AvgIpc) is 2.85. The predicted octanol–water partition coefficient (Wildman–Crippen LogP) is 2.91. The van der Waals surface area contributed by atoms with E-state index in [-0.39, 0.29) is 0 Å². The molecular formula is C16H17N3O2. The topological polar surface area (TPSA) is 61.8 Å². The van der Waals surface area contributed by atoms with Gasteiger partial charge in [0.15, 0.2) is 0 Å². The van der Waals surface area contributed by atoms with Crippen LogP contribution in [0.2, 0.25) is 0 Å². The molecule has 0 saturated heterocycles. The SMILES string of the molecule is COc1ccc(-c2nc3c(C)cccn3c2N)c(OC)c1. The number of hydrogen-bond acceptors (Lipinski definition) is 4. The van der Waals surface area contributed by atoms with Gasteiger partial charge >= 0.3 is 0 Å². The van der Waals surface area contributed by atoms with Crippen molar-refractivity contribution in [3.63, 3.8) is 0 Å². The second-order valence-corrected chi connectivity index (χ2v) is 4.80. The summed E-state index contributed by atoms with van der Waals surface area (Å²) < 4.78 is 12.5. The van der Waals surface area contributed by atoms with Gasteiger partial charge in [-0.2, -0.15) is 0 Å². The number of anilines is 1. The molecule has 0 aliphatic rings. The number of pyridine rings is 1. The summed E-state index contributed by atoms with van der Waals surface area (Å²) >= 11 is 0. The fourth-order valence-corrected chi connectivity index (χ4v) is 2.41. The van der Waals surface area contributed by atoms with Gasteiger partial charge in [0, 0.05) is 17.8 Å². The predicted molar refractivity (Wildman–Crippen MR) is 82.9 cm³/mol. The van der Waals surface area contributed by atoms with Crippen molar-refractivity contribution in [3.05, 3.63) is 42.1 Å². The molecule has 108 valence electrons. The van der Waals surface area contributed by atoms with E-state index in [1.807, 2.05) is 47.9 Å². The number of aromatic nitrogens is 2. The minimum absolute atomic E-state index is 0.595. The van der Waals surface area contributed by atoms with Crippen LogP contribution in [0.15, 0.2) is 36.5 Å². The third kappa shape index (κ3) is 2.07. The first-order chi connectivity index (χ1) is 10.2. The number of benzene rings is 1. The summed E-state index contributed by atoms with van der Waals surface area (Å²) in [7, 11) is 3.24. The second kappa shape index (κ2) is 5.01. The summed E-state index contributed by atoms with van der Waals surface area (Å²) in [6, 6.07) is 9.57. The highest BCUT2D eigenvalue weighted by molar-refractivity contribution is 5.80. The molecule has 2 N–H and O–H groups in total. The normalized spacial score (nSPS) is 10.8. The standard InChI is InChI=1S/C16H17N3O2/c1-10-5-4-8-19-15(17)14(18-16(10)19)12-7-6-11(20-2)9-13(12)21-3/h4-9H,17H2,1-3H3. The Labute approximate surface area is 122 Å². The van der Waals surface area contributed by atoms with Crippen molar-refractivity contribution in [3.8, 4) is 22.8 Å². The lowest BCUT2D eigenvalue weighted by Crippen LogP contribution is -1.96. The quantitative estimate of drug-likeness (QED) is 0.803. The van der Waals surface area contributed by atoms with E-state index in [1.54, 1.807) is 14.2 Å². The van der Waals surface area contributed by atoms with Gasteiger partial charge in [0.05, 0.1) is 14.2 Å². The molecule has 0 fully saturated rings. The first-order valence-corrected chi connectivity index (χ1v) is 6.61. The fraction of sp³-hybridized carbons (Fsp3) is 0.188. The maximum absolute atomic E-state index is 6.25. The van der Waals surface area contributed by atoms with Crippen molar-refractivity contribution in [2.45, 2.75) is 6.92 Å². The van der Waals surface area contributed by atoms with E-state index in [4.69, 9.17) is 15.2 Å². The van der Waals surface area contributed by atoms with Crippen molar-refractivity contribution in [1.82, 2.24) is 9.38 Å². The van der Waals surface area contributed by atoms with Gasteiger partial charge in [0.2, 0.25) is 0 Å². The van der Waals surface area contributed by atoms with Crippen molar-refractivity contribution in [2.24, 2.45) is 0 Å². The van der Waals surface area contributed by atoms with Crippen LogP contribution >= 0.6 is 0 Å². The Kier molecular flexibility index (Phi) is 3.17. The fourth-order valence-electron chi connectivity index (χ4n) is 2.41. The Balaban J connectivity index is 2.25. The molecule has 2 aromatic heterocycles. The number of fused-ring (bicyclic) bond motifs is 1. The Bertz CT molecular complexity index is 809. The van der Waals surface area contributed by atoms with Crippen molar-refractivity contribution >= 4 is 11.5 Å². The number of rotatable bonds is 3. The van der Waals surface area contributed by atoms with Crippen LogP contribution in [0.25, 0.3) is 16.9 Å². The highest BCUT2D eigenvalue weighted by atomic mass is 16.5. The largest absolute Gasteiger partial charge is 0.497 e. The van der Waals surface area contributed by atoms with E-state index < -0.39 is 0 Å². The molecule has 3 aromatic rings. The minimum atomic E-state index is 0.595. The molecular weight excluding hydrogens is 266 g/mol. The molecule has 0 amide bonds. The highest BCUT2D eigenvalue weighted by Gasteiger charge is 2.16. The van der Waals surface area contributed by atoms with Gasteiger partial charge in [-0.3, -0.25) is 4.40 Å². The number of nitrogens with two attached hydrogens (primary N) is 1. The van der Waals surface area contributed by atoms with Crippen LogP contribution in [0, 0.1) is 6.92 Å². The Morgan fingerprint density at radius 3 is 2.62 bits per heavy atom. The maximum Gasteiger partial charge on any atom is 0.142 e. The van der Waals surface area contributed by atoms with Gasteiger partial charge in [-0.1, -0.05) is 6.07 Å². The molecule has 0 atom stereocenters. The number of ether oxygens (including phenoxy) is 2. The third-order valence-corrected chi connectivity index (χ3v) is 3.55. The van der Waals surface area contributed by atoms with Crippen LogP contribution in [0.4, 0.5) is 5.82 Å². The maximum atomic E-state index is 6.25. The molecule has 1 aromatic carbocycles. The molecule has 0 saturated carbocycles. The summed E-state index contributed by atoms with van der Waals surface area (Å²) in [5.41, 5.74) is 9.73. The monoisotopic (exact) mass is 283 g/mol. The van der Waals surface area contributed by atoms with Crippen molar-refractivity contribution < 1.29 is 9.47 Å². The van der Waals surface area contributed by atoms with Crippen LogP contribution in [0.3, 0.4) is 0 Å². The molecule has 2 heterocycles. The average molecular weight is 283 g/mol. The van der Waals surface area contributed by atoms with Gasteiger partial charge in [-0.05, 0) is 30.7 Å². The molecule has 0 aliphatic carbocycles. The molecule has 0 aliphatic heterocycles. The molecule has 21 heavy (non-hydrogen) atoms. The number of hydrogen-bond donors (Lipinski definition) is 1. The molecule has 5 heteroatoms. The van der Waals surface area contributed by atoms with Gasteiger partial charge < -0.3 is 15.2 Å². The first kappa shape index (κ1) is 13.3. The molecule has 0 radical (unpaired) electrons. The molecule has 0 unspecified atom stereocenters. The zero-order chi connectivity index (χ0) is 15.0. The van der Waals surface area contributed by atoms with Crippen LogP contribution < -0.4 is 15.2 Å². The van der Waals surface area contributed by atoms with E-state index in [9.17, 15) is 0 Å². The van der Waals surface area contributed by atoms with Crippen LogP contribution in [0.5, 0.6) is 11.5 Å². The van der Waals surface area contributed by atoms with E-state index in [1.165, 1.54) is 0 Å². The number of aryl methyl sites for hydroxylation is 1. The van der Waals surface area contributed by atoms with Gasteiger partial charge in [-0.15, -0.1) is 0 Å². The molecule has 5 nitrogen and oxygen atoms in total. The lowest BCUT2D eigenvalue weighted by atomic mass is 10.1. The Morgan fingerprint density at radius 2 is 1.95 bits per heavy atom. The van der Waals surface area contributed by atoms with E-state index >= 15 is 0 Å². The van der Waals surface area contributed by atoms with Crippen molar-refractivity contribution in [1.29, 1.82) is 0 Å². The Hall–Kier alpha value is -2.69. The molecule has 3 rings (SSSR count). The summed E-state index contributed by atoms with van der Waals surface area (Å²) in [5.74, 6) is 2.01. The van der Waals surface area contributed by atoms with Crippen molar-refractivity contribution in [2.75, 3.05) is 20.0 Å². The Morgan fingerprint density at radius 1 is 1.14 bits per heavy atom. The van der Waals surface area contributed by atoms with Crippen LogP contribution in [-0.2, 0) is 0 Å². The number of methoxy groups -OCH3 is 2.